The van der Waals surface area contributed by atoms with E-state index in [2.05, 4.69) is 10.4 Å². The average molecular weight is 499 g/mol. The van der Waals surface area contributed by atoms with Gasteiger partial charge in [-0.1, -0.05) is 48.0 Å². The lowest BCUT2D eigenvalue weighted by atomic mass is 10.1. The van der Waals surface area contributed by atoms with Gasteiger partial charge in [0.2, 0.25) is 0 Å². The molecule has 3 N–H and O–H groups in total. The minimum atomic E-state index is -0.340. The minimum absolute atomic E-state index is 0.153. The number of aromatic nitrogens is 3. The molecule has 180 valence electrons. The Morgan fingerprint density at radius 2 is 1.83 bits per heavy atom. The minimum Gasteiger partial charge on any atom is -0.497 e. The smallest absolute Gasteiger partial charge is 0.257 e. The van der Waals surface area contributed by atoms with Crippen LogP contribution in [0.15, 0.2) is 77.9 Å². The molecule has 5 aromatic rings. The maximum absolute atomic E-state index is 13.3. The van der Waals surface area contributed by atoms with Gasteiger partial charge in [-0.25, -0.2) is 9.97 Å². The van der Waals surface area contributed by atoms with E-state index < -0.39 is 0 Å². The highest BCUT2D eigenvalue weighted by Gasteiger charge is 2.24. The van der Waals surface area contributed by atoms with Gasteiger partial charge in [-0.05, 0) is 53.9 Å². The van der Waals surface area contributed by atoms with Crippen molar-refractivity contribution >= 4 is 51.7 Å². The fourth-order valence-corrected chi connectivity index (χ4v) is 4.10. The number of para-hydroxylation sites is 2. The highest BCUT2D eigenvalue weighted by atomic mass is 35.5. The Kier molecular flexibility index (Phi) is 6.51. The predicted octanol–water partition coefficient (Wildman–Crippen LogP) is 4.68. The third-order valence-electron chi connectivity index (χ3n) is 5.73. The molecule has 0 aliphatic rings. The average Bonchev–Trinajstić information content (AvgIpc) is 3.16. The zero-order valence-electron chi connectivity index (χ0n) is 19.5. The van der Waals surface area contributed by atoms with Gasteiger partial charge in [-0.3, -0.25) is 4.79 Å². The number of nitrogens with one attached hydrogen (secondary N) is 1. The molecule has 9 heteroatoms. The second-order valence-electron chi connectivity index (χ2n) is 8.11. The number of halogens is 1. The second kappa shape index (κ2) is 10.1. The van der Waals surface area contributed by atoms with Gasteiger partial charge < -0.3 is 15.8 Å². The van der Waals surface area contributed by atoms with Crippen molar-refractivity contribution in [2.45, 2.75) is 6.42 Å². The normalized spacial score (nSPS) is 11.4. The van der Waals surface area contributed by atoms with Crippen LogP contribution in [-0.4, -0.2) is 40.4 Å². The number of hydrogen-bond acceptors (Lipinski definition) is 6. The summed E-state index contributed by atoms with van der Waals surface area (Å²) in [6.45, 7) is 0.421. The Bertz CT molecular complexity index is 1590. The molecule has 1 amide bonds. The summed E-state index contributed by atoms with van der Waals surface area (Å²) in [7, 11) is 1.63. The molecule has 0 saturated heterocycles. The van der Waals surface area contributed by atoms with Crippen LogP contribution >= 0.6 is 11.6 Å². The Balaban J connectivity index is 1.49. The van der Waals surface area contributed by atoms with Crippen molar-refractivity contribution in [3.05, 3.63) is 94.5 Å². The topological polar surface area (TPSA) is 107 Å². The molecule has 0 fully saturated rings. The van der Waals surface area contributed by atoms with Crippen molar-refractivity contribution in [3.63, 3.8) is 0 Å². The number of fused-ring (bicyclic) bond motifs is 2. The molecule has 0 unspecified atom stereocenters. The van der Waals surface area contributed by atoms with Crippen LogP contribution in [0.4, 0.5) is 5.82 Å². The first-order chi connectivity index (χ1) is 17.5. The van der Waals surface area contributed by atoms with E-state index in [0.29, 0.717) is 40.2 Å². The van der Waals surface area contributed by atoms with E-state index in [4.69, 9.17) is 32.0 Å². The maximum Gasteiger partial charge on any atom is 0.257 e. The van der Waals surface area contributed by atoms with E-state index in [1.165, 1.54) is 4.68 Å². The van der Waals surface area contributed by atoms with Crippen LogP contribution in [0.25, 0.3) is 22.2 Å². The largest absolute Gasteiger partial charge is 0.497 e. The number of methoxy groups -OCH3 is 1. The lowest BCUT2D eigenvalue weighted by Gasteiger charge is -2.06. The molecule has 0 aliphatic heterocycles. The van der Waals surface area contributed by atoms with Gasteiger partial charge in [0.1, 0.15) is 22.6 Å². The molecule has 0 bridgehead atoms. The molecular weight excluding hydrogens is 476 g/mol. The van der Waals surface area contributed by atoms with Crippen LogP contribution < -0.4 is 15.8 Å². The Morgan fingerprint density at radius 3 is 2.56 bits per heavy atom. The van der Waals surface area contributed by atoms with E-state index >= 15 is 0 Å². The molecule has 8 nitrogen and oxygen atoms in total. The number of nitrogen functional groups attached to an aromatic ring is 1. The number of nitrogens with zero attached hydrogens (tertiary/aromatic N) is 4. The van der Waals surface area contributed by atoms with Crippen molar-refractivity contribution in [1.82, 2.24) is 20.0 Å². The van der Waals surface area contributed by atoms with Crippen molar-refractivity contribution in [1.29, 1.82) is 0 Å². The summed E-state index contributed by atoms with van der Waals surface area (Å²) in [4.78, 5) is 22.7. The molecule has 2 aromatic heterocycles. The molecule has 0 saturated carbocycles. The fraction of sp³-hybridized carbons (Fsp3) is 0.111. The predicted molar refractivity (Wildman–Crippen MR) is 143 cm³/mol. The third kappa shape index (κ3) is 4.71. The highest BCUT2D eigenvalue weighted by molar-refractivity contribution is 6.30. The number of rotatable bonds is 7. The second-order valence-corrected chi connectivity index (χ2v) is 8.55. The number of ether oxygens (including phenoxy) is 1. The third-order valence-corrected chi connectivity index (χ3v) is 5.97. The highest BCUT2D eigenvalue weighted by Crippen LogP contribution is 2.28. The lowest BCUT2D eigenvalue weighted by Crippen LogP contribution is -2.26. The van der Waals surface area contributed by atoms with Crippen molar-refractivity contribution < 1.29 is 9.53 Å². The summed E-state index contributed by atoms with van der Waals surface area (Å²) in [5, 5.41) is 8.05. The van der Waals surface area contributed by atoms with Gasteiger partial charge in [0, 0.05) is 11.6 Å². The molecule has 0 spiro atoms. The number of amides is 1. The van der Waals surface area contributed by atoms with E-state index in [-0.39, 0.29) is 17.3 Å². The first kappa shape index (κ1) is 23.3. The number of benzene rings is 3. The van der Waals surface area contributed by atoms with Crippen molar-refractivity contribution in [2.24, 2.45) is 5.10 Å². The molecule has 5 rings (SSSR count). The van der Waals surface area contributed by atoms with Crippen LogP contribution in [-0.2, 0) is 6.42 Å². The summed E-state index contributed by atoms with van der Waals surface area (Å²) in [6.07, 6.45) is 2.26. The zero-order chi connectivity index (χ0) is 25.1. The summed E-state index contributed by atoms with van der Waals surface area (Å²) >= 11 is 6.10. The van der Waals surface area contributed by atoms with Gasteiger partial charge in [0.05, 0.1) is 24.4 Å². The van der Waals surface area contributed by atoms with Gasteiger partial charge in [0.25, 0.3) is 5.91 Å². The van der Waals surface area contributed by atoms with E-state index in [9.17, 15) is 4.79 Å². The number of anilines is 1. The Morgan fingerprint density at radius 1 is 1.08 bits per heavy atom. The first-order valence-corrected chi connectivity index (χ1v) is 11.7. The first-order valence-electron chi connectivity index (χ1n) is 11.3. The van der Waals surface area contributed by atoms with Crippen LogP contribution in [0.2, 0.25) is 5.02 Å². The quantitative estimate of drug-likeness (QED) is 0.317. The van der Waals surface area contributed by atoms with Crippen molar-refractivity contribution in [3.8, 4) is 5.75 Å². The van der Waals surface area contributed by atoms with E-state index in [0.717, 1.165) is 16.9 Å². The number of carbonyl (C=O) groups is 1. The fourth-order valence-electron chi connectivity index (χ4n) is 3.90. The Hall–Kier alpha value is -4.43. The van der Waals surface area contributed by atoms with Crippen LogP contribution in [0, 0.1) is 0 Å². The molecular formula is C27H23ClN6O2. The van der Waals surface area contributed by atoms with Gasteiger partial charge in [-0.2, -0.15) is 9.78 Å². The summed E-state index contributed by atoms with van der Waals surface area (Å²) < 4.78 is 6.63. The van der Waals surface area contributed by atoms with Crippen molar-refractivity contribution in [2.75, 3.05) is 19.4 Å². The van der Waals surface area contributed by atoms with E-state index in [1.807, 2.05) is 60.7 Å². The maximum atomic E-state index is 13.3. The summed E-state index contributed by atoms with van der Waals surface area (Å²) in [5.41, 5.74) is 10.7. The molecule has 36 heavy (non-hydrogen) atoms. The summed E-state index contributed by atoms with van der Waals surface area (Å²) in [6, 6.07) is 22.4. The molecule has 3 aromatic carbocycles. The summed E-state index contributed by atoms with van der Waals surface area (Å²) in [5.74, 6) is 0.598. The van der Waals surface area contributed by atoms with Gasteiger partial charge in [-0.15, -0.1) is 0 Å². The van der Waals surface area contributed by atoms with Crippen LogP contribution in [0.3, 0.4) is 0 Å². The van der Waals surface area contributed by atoms with Gasteiger partial charge >= 0.3 is 0 Å². The molecule has 2 heterocycles. The van der Waals surface area contributed by atoms with Crippen LogP contribution in [0.1, 0.15) is 21.5 Å². The van der Waals surface area contributed by atoms with Gasteiger partial charge in [0.15, 0.2) is 5.65 Å². The Labute approximate surface area is 212 Å². The lowest BCUT2D eigenvalue weighted by molar-refractivity contribution is 0.0956. The van der Waals surface area contributed by atoms with E-state index in [1.54, 1.807) is 25.5 Å². The SMILES string of the molecule is COc1ccc(CCNC(=O)c2c(N)n(/N=C/c3cccc(Cl)c3)c3nc4ccccc4nc23)cc1. The number of carbonyl (C=O) groups excluding carboxylic acids is 1. The monoisotopic (exact) mass is 498 g/mol. The van der Waals surface area contributed by atoms with Crippen LogP contribution in [0.5, 0.6) is 5.75 Å². The zero-order valence-corrected chi connectivity index (χ0v) is 20.2. The number of nitrogens with two attached hydrogens (primary N) is 1. The standard InChI is InChI=1S/C27H23ClN6O2/c1-36-20-11-9-17(10-12-20)13-14-30-27(35)23-24-26(33-22-8-3-2-7-21(22)32-24)34(25(23)29)31-16-18-5-4-6-19(28)15-18/h2-12,15-16H,13-14,29H2,1H3,(H,30,35)/b31-16+. The molecule has 0 atom stereocenters. The molecule has 0 aliphatic carbocycles. The number of hydrogen-bond donors (Lipinski definition) is 2. The molecule has 0 radical (unpaired) electrons.